The van der Waals surface area contributed by atoms with Gasteiger partial charge in [0.1, 0.15) is 0 Å². The largest absolute Gasteiger partial charge is 0.449 e. The van der Waals surface area contributed by atoms with Crippen LogP contribution in [-0.2, 0) is 5.41 Å². The van der Waals surface area contributed by atoms with Crippen molar-refractivity contribution < 1.29 is 9.47 Å². The molecule has 0 amide bonds. The highest BCUT2D eigenvalue weighted by molar-refractivity contribution is 6.25. The van der Waals surface area contributed by atoms with Gasteiger partial charge in [-0.2, -0.15) is 0 Å². The van der Waals surface area contributed by atoms with Gasteiger partial charge in [0.25, 0.3) is 0 Å². The summed E-state index contributed by atoms with van der Waals surface area (Å²) in [5, 5.41) is 7.20. The topological polar surface area (TPSA) is 57.1 Å². The summed E-state index contributed by atoms with van der Waals surface area (Å²) in [6.07, 6.45) is 0. The van der Waals surface area contributed by atoms with Crippen LogP contribution < -0.4 is 9.47 Å². The second-order valence-corrected chi connectivity index (χ2v) is 17.7. The third kappa shape index (κ3) is 5.94. The summed E-state index contributed by atoms with van der Waals surface area (Å²) in [4.78, 5) is 15.8. The van der Waals surface area contributed by atoms with Crippen molar-refractivity contribution in [2.75, 3.05) is 0 Å². The van der Waals surface area contributed by atoms with Gasteiger partial charge in [-0.15, -0.1) is 0 Å². The van der Waals surface area contributed by atoms with Crippen LogP contribution in [0.5, 0.6) is 23.0 Å². The molecular formula is C64H39N3O2. The van der Waals surface area contributed by atoms with Crippen LogP contribution in [0.3, 0.4) is 0 Å². The highest BCUT2D eigenvalue weighted by atomic mass is 16.6. The first kappa shape index (κ1) is 39.0. The highest BCUT2D eigenvalue weighted by Crippen LogP contribution is 2.63. The van der Waals surface area contributed by atoms with E-state index < -0.39 is 5.41 Å². The molecule has 1 aliphatic carbocycles. The Morgan fingerprint density at radius 3 is 1.48 bits per heavy atom. The van der Waals surface area contributed by atoms with Gasteiger partial charge < -0.3 is 9.47 Å². The van der Waals surface area contributed by atoms with Crippen LogP contribution in [-0.4, -0.2) is 15.0 Å². The van der Waals surface area contributed by atoms with Crippen LogP contribution >= 0.6 is 0 Å². The van der Waals surface area contributed by atoms with Gasteiger partial charge in [-0.1, -0.05) is 218 Å². The summed E-state index contributed by atoms with van der Waals surface area (Å²) in [7, 11) is 0. The monoisotopic (exact) mass is 881 g/mol. The second-order valence-electron chi connectivity index (χ2n) is 17.7. The molecule has 5 heteroatoms. The molecule has 0 bridgehead atoms. The molecule has 0 atom stereocenters. The average molecular weight is 882 g/mol. The van der Waals surface area contributed by atoms with Gasteiger partial charge in [0, 0.05) is 27.8 Å². The molecule has 0 radical (unpaired) electrons. The first-order valence-electron chi connectivity index (χ1n) is 23.3. The third-order valence-electron chi connectivity index (χ3n) is 14.1. The normalized spacial score (nSPS) is 13.0. The quantitative estimate of drug-likeness (QED) is 0.156. The number of ether oxygens (including phenoxy) is 2. The highest BCUT2D eigenvalue weighted by Gasteiger charge is 2.48. The number of hydrogen-bond donors (Lipinski definition) is 0. The van der Waals surface area contributed by atoms with Crippen LogP contribution in [0.1, 0.15) is 22.3 Å². The zero-order chi connectivity index (χ0) is 45.5. The lowest BCUT2D eigenvalue weighted by Gasteiger charge is -2.34. The molecule has 1 aliphatic heterocycles. The Kier molecular flexibility index (Phi) is 8.73. The molecule has 12 aromatic rings. The zero-order valence-electron chi connectivity index (χ0n) is 37.2. The van der Waals surface area contributed by atoms with Crippen LogP contribution in [0.15, 0.2) is 237 Å². The number of aromatic nitrogens is 3. The Bertz CT molecular complexity index is 3950. The molecular weight excluding hydrogens is 843 g/mol. The minimum Gasteiger partial charge on any atom is -0.449 e. The number of benzene rings is 11. The molecule has 322 valence electrons. The van der Waals surface area contributed by atoms with Crippen molar-refractivity contribution in [3.63, 3.8) is 0 Å². The van der Waals surface area contributed by atoms with Gasteiger partial charge in [0.15, 0.2) is 40.5 Å². The fourth-order valence-corrected chi connectivity index (χ4v) is 11.1. The molecule has 2 heterocycles. The van der Waals surface area contributed by atoms with Gasteiger partial charge in [-0.25, -0.2) is 15.0 Å². The summed E-state index contributed by atoms with van der Waals surface area (Å²) in [6.45, 7) is 0. The number of para-hydroxylation sites is 1. The van der Waals surface area contributed by atoms with Crippen molar-refractivity contribution in [1.29, 1.82) is 0 Å². The van der Waals surface area contributed by atoms with E-state index in [9.17, 15) is 0 Å². The van der Waals surface area contributed by atoms with E-state index in [0.717, 1.165) is 49.9 Å². The minimum absolute atomic E-state index is 0.554. The fraction of sp³-hybridized carbons (Fsp3) is 0.0156. The summed E-state index contributed by atoms with van der Waals surface area (Å²) in [5.74, 6) is 4.36. The smallest absolute Gasteiger partial charge is 0.178 e. The Hall–Kier alpha value is -9.19. The predicted octanol–water partition coefficient (Wildman–Crippen LogP) is 16.3. The number of rotatable bonds is 6. The summed E-state index contributed by atoms with van der Waals surface area (Å²) in [6, 6.07) is 83.0. The van der Waals surface area contributed by atoms with Crippen LogP contribution in [0.2, 0.25) is 0 Å². The van der Waals surface area contributed by atoms with Crippen LogP contribution in [0.4, 0.5) is 0 Å². The summed E-state index contributed by atoms with van der Waals surface area (Å²) in [5.41, 5.74) is 10.7. The molecule has 14 rings (SSSR count). The molecule has 2 aliphatic rings. The van der Waals surface area contributed by atoms with E-state index in [1.807, 2.05) is 48.5 Å². The molecule has 0 N–H and O–H groups in total. The summed E-state index contributed by atoms with van der Waals surface area (Å²) < 4.78 is 14.2. The van der Waals surface area contributed by atoms with Crippen molar-refractivity contribution in [2.24, 2.45) is 0 Å². The number of hydrogen-bond acceptors (Lipinski definition) is 5. The van der Waals surface area contributed by atoms with E-state index >= 15 is 0 Å². The fourth-order valence-electron chi connectivity index (χ4n) is 11.1. The Morgan fingerprint density at radius 2 is 0.797 bits per heavy atom. The van der Waals surface area contributed by atoms with E-state index in [-0.39, 0.29) is 0 Å². The number of nitrogens with zero attached hydrogens (tertiary/aromatic N) is 3. The number of fused-ring (bicyclic) bond motifs is 12. The molecule has 11 aromatic carbocycles. The second kappa shape index (κ2) is 15.4. The van der Waals surface area contributed by atoms with E-state index in [4.69, 9.17) is 24.4 Å². The van der Waals surface area contributed by atoms with Crippen molar-refractivity contribution in [3.05, 3.63) is 259 Å². The lowest BCUT2D eigenvalue weighted by Crippen LogP contribution is -2.28. The SMILES string of the molecule is c1ccc(-c2nc(-c3ccc4c5ccccc5c5ccccc5c4c3)nc(-c3ccccc3-c3cccc4c3Oc3c(ccc5c3-c3ccccc3C5(c3ccccc3)c3ccccc3)O4)n2)cc1. The molecule has 5 nitrogen and oxygen atoms in total. The van der Waals surface area contributed by atoms with Gasteiger partial charge in [-0.05, 0) is 83.9 Å². The lowest BCUT2D eigenvalue weighted by molar-refractivity contribution is 0.361. The minimum atomic E-state index is -0.585. The Balaban J connectivity index is 0.941. The molecule has 1 aromatic heterocycles. The van der Waals surface area contributed by atoms with Gasteiger partial charge in [0.2, 0.25) is 0 Å². The van der Waals surface area contributed by atoms with Gasteiger partial charge >= 0.3 is 0 Å². The first-order chi connectivity index (χ1) is 34.2. The molecule has 0 unspecified atom stereocenters. The van der Waals surface area contributed by atoms with Crippen molar-refractivity contribution in [3.8, 4) is 79.4 Å². The lowest BCUT2D eigenvalue weighted by atomic mass is 9.68. The van der Waals surface area contributed by atoms with Gasteiger partial charge in [-0.3, -0.25) is 0 Å². The van der Waals surface area contributed by atoms with Crippen LogP contribution in [0, 0.1) is 0 Å². The summed E-state index contributed by atoms with van der Waals surface area (Å²) >= 11 is 0. The maximum atomic E-state index is 7.33. The molecule has 0 spiro atoms. The van der Waals surface area contributed by atoms with E-state index in [1.165, 1.54) is 43.6 Å². The Labute approximate surface area is 398 Å². The zero-order valence-corrected chi connectivity index (χ0v) is 37.2. The maximum absolute atomic E-state index is 7.33. The van der Waals surface area contributed by atoms with Crippen LogP contribution in [0.25, 0.3) is 88.7 Å². The van der Waals surface area contributed by atoms with E-state index in [1.54, 1.807) is 0 Å². The third-order valence-corrected chi connectivity index (χ3v) is 14.1. The molecule has 0 saturated heterocycles. The predicted molar refractivity (Wildman–Crippen MR) is 278 cm³/mol. The van der Waals surface area contributed by atoms with E-state index in [0.29, 0.717) is 40.5 Å². The molecule has 0 saturated carbocycles. The van der Waals surface area contributed by atoms with Crippen molar-refractivity contribution >= 4 is 32.3 Å². The maximum Gasteiger partial charge on any atom is 0.178 e. The van der Waals surface area contributed by atoms with Crippen molar-refractivity contribution in [1.82, 2.24) is 15.0 Å². The standard InChI is InChI=1S/C64H39N3O2/c1-4-19-40(20-5-1)61-65-62(41-35-36-49-46-27-11-10-25-44(46)45-26-12-13-28-47(45)53(49)39-41)67-63(66-61)51-30-15-14-29-48(51)50-32-18-34-56-59(50)69-60-57(68-56)38-37-55-58(60)52-31-16-17-33-54(52)64(55,42-21-6-2-7-22-42)43-23-8-3-9-24-43/h1-39H. The Morgan fingerprint density at radius 1 is 0.290 bits per heavy atom. The molecule has 69 heavy (non-hydrogen) atoms. The first-order valence-corrected chi connectivity index (χ1v) is 23.3. The molecule has 0 fully saturated rings. The van der Waals surface area contributed by atoms with Crippen molar-refractivity contribution in [2.45, 2.75) is 5.41 Å². The average Bonchev–Trinajstić information content (AvgIpc) is 3.74. The van der Waals surface area contributed by atoms with Gasteiger partial charge in [0.05, 0.1) is 5.41 Å². The van der Waals surface area contributed by atoms with E-state index in [2.05, 4.69) is 188 Å².